The van der Waals surface area contributed by atoms with Crippen molar-refractivity contribution in [2.45, 2.75) is 65.2 Å². The van der Waals surface area contributed by atoms with Crippen molar-refractivity contribution in [2.24, 2.45) is 0 Å². The van der Waals surface area contributed by atoms with Gasteiger partial charge in [0.25, 0.3) is 5.91 Å². The highest BCUT2D eigenvalue weighted by atomic mass is 16.5. The van der Waals surface area contributed by atoms with Crippen molar-refractivity contribution in [3.8, 4) is 5.75 Å². The number of carbonyl (C=O) groups excluding carboxylic acids is 1. The molecule has 1 amide bonds. The maximum absolute atomic E-state index is 10.8. The zero-order chi connectivity index (χ0) is 15.5. The predicted molar refractivity (Wildman–Crippen MR) is 86.5 cm³/mol. The van der Waals surface area contributed by atoms with E-state index in [1.54, 1.807) is 0 Å². The molecule has 0 bridgehead atoms. The van der Waals surface area contributed by atoms with Gasteiger partial charge in [0.2, 0.25) is 0 Å². The van der Waals surface area contributed by atoms with Crippen molar-refractivity contribution in [3.05, 3.63) is 29.3 Å². The molecule has 0 saturated heterocycles. The fraction of sp³-hybridized carbons (Fsp3) is 0.611. The Kier molecular flexibility index (Phi) is 8.56. The highest BCUT2D eigenvalue weighted by molar-refractivity contribution is 5.74. The van der Waals surface area contributed by atoms with Crippen LogP contribution in [0.15, 0.2) is 18.2 Å². The number of carbonyl (C=O) groups is 1. The van der Waals surface area contributed by atoms with Crippen LogP contribution in [0.2, 0.25) is 0 Å². The van der Waals surface area contributed by atoms with Gasteiger partial charge in [0, 0.05) is 0 Å². The van der Waals surface area contributed by atoms with E-state index in [4.69, 9.17) is 10.5 Å². The molecule has 1 aromatic rings. The normalized spacial score (nSPS) is 10.6. The Morgan fingerprint density at radius 3 is 2.33 bits per heavy atom. The Morgan fingerprint density at radius 2 is 1.71 bits per heavy atom. The van der Waals surface area contributed by atoms with Crippen molar-refractivity contribution < 1.29 is 9.53 Å². The average Bonchev–Trinajstić information content (AvgIpc) is 2.47. The first kappa shape index (κ1) is 17.5. The van der Waals surface area contributed by atoms with Crippen LogP contribution in [-0.4, -0.2) is 12.5 Å². The predicted octanol–water partition coefficient (Wildman–Crippen LogP) is 4.34. The molecule has 21 heavy (non-hydrogen) atoms. The number of hydrogen-bond acceptors (Lipinski definition) is 2. The number of nitrogens with one attached hydrogen (secondary N) is 1. The molecule has 0 aromatic heterocycles. The Morgan fingerprint density at radius 1 is 1.05 bits per heavy atom. The van der Waals surface area contributed by atoms with E-state index in [9.17, 15) is 4.79 Å². The number of ether oxygens (including phenoxy) is 1. The molecular weight excluding hydrogens is 262 g/mol. The van der Waals surface area contributed by atoms with Crippen LogP contribution in [0.5, 0.6) is 5.75 Å². The number of aryl methyl sites for hydroxylation is 2. The van der Waals surface area contributed by atoms with E-state index in [-0.39, 0.29) is 6.61 Å². The van der Waals surface area contributed by atoms with Gasteiger partial charge in [0.1, 0.15) is 5.75 Å². The Hall–Kier alpha value is -1.51. The Bertz CT molecular complexity index is 429. The standard InChI is InChI=1S/C18H28NO2/c1-3-5-7-9-15-11-12-17(21-14-18(19)20)16(13-15)10-8-6-4-2/h11-13,19H,3-10,14H2,1-2H3. The van der Waals surface area contributed by atoms with Gasteiger partial charge in [-0.15, -0.1) is 0 Å². The van der Waals surface area contributed by atoms with Crippen LogP contribution in [0, 0.1) is 0 Å². The van der Waals surface area contributed by atoms with E-state index < -0.39 is 5.91 Å². The minimum Gasteiger partial charge on any atom is -0.483 e. The molecular formula is C18H28NO2. The fourth-order valence-corrected chi connectivity index (χ4v) is 2.41. The Balaban J connectivity index is 2.72. The minimum atomic E-state index is -0.679. The summed E-state index contributed by atoms with van der Waals surface area (Å²) >= 11 is 0. The smallest absolute Gasteiger partial charge is 0.276 e. The molecule has 0 atom stereocenters. The molecule has 0 aliphatic carbocycles. The third kappa shape index (κ3) is 7.16. The van der Waals surface area contributed by atoms with Gasteiger partial charge in [-0.1, -0.05) is 51.7 Å². The lowest BCUT2D eigenvalue weighted by Crippen LogP contribution is -2.12. The highest BCUT2D eigenvalue weighted by Gasteiger charge is 2.07. The summed E-state index contributed by atoms with van der Waals surface area (Å²) in [4.78, 5) is 10.8. The number of amides is 1. The third-order valence-electron chi connectivity index (χ3n) is 3.60. The van der Waals surface area contributed by atoms with Crippen LogP contribution >= 0.6 is 0 Å². The van der Waals surface area contributed by atoms with Crippen molar-refractivity contribution in [1.29, 1.82) is 0 Å². The SMILES string of the molecule is CCCCCc1ccc(OCC([NH])=O)c(CCCCC)c1. The molecule has 3 nitrogen and oxygen atoms in total. The quantitative estimate of drug-likeness (QED) is 0.569. The maximum atomic E-state index is 10.8. The molecule has 3 heteroatoms. The van der Waals surface area contributed by atoms with Gasteiger partial charge in [0.05, 0.1) is 0 Å². The van der Waals surface area contributed by atoms with Gasteiger partial charge in [-0.25, -0.2) is 0 Å². The van der Waals surface area contributed by atoms with E-state index in [0.29, 0.717) is 0 Å². The molecule has 0 heterocycles. The number of benzene rings is 1. The van der Waals surface area contributed by atoms with E-state index in [1.807, 2.05) is 6.07 Å². The molecule has 0 aliphatic heterocycles. The third-order valence-corrected chi connectivity index (χ3v) is 3.60. The van der Waals surface area contributed by atoms with Crippen LogP contribution in [0.4, 0.5) is 0 Å². The first-order chi connectivity index (χ1) is 10.2. The van der Waals surface area contributed by atoms with E-state index in [1.165, 1.54) is 43.2 Å². The Labute approximate surface area is 128 Å². The highest BCUT2D eigenvalue weighted by Crippen LogP contribution is 2.23. The molecule has 117 valence electrons. The second-order valence-corrected chi connectivity index (χ2v) is 5.57. The number of hydrogen-bond donors (Lipinski definition) is 0. The van der Waals surface area contributed by atoms with Crippen LogP contribution in [0.1, 0.15) is 63.5 Å². The van der Waals surface area contributed by atoms with Crippen molar-refractivity contribution in [2.75, 3.05) is 6.61 Å². The van der Waals surface area contributed by atoms with Crippen molar-refractivity contribution in [3.63, 3.8) is 0 Å². The molecule has 0 fully saturated rings. The number of unbranched alkanes of at least 4 members (excludes halogenated alkanes) is 4. The van der Waals surface area contributed by atoms with Gasteiger partial charge in [0.15, 0.2) is 6.61 Å². The van der Waals surface area contributed by atoms with Gasteiger partial charge in [-0.3, -0.25) is 10.5 Å². The van der Waals surface area contributed by atoms with E-state index >= 15 is 0 Å². The molecule has 1 aromatic carbocycles. The van der Waals surface area contributed by atoms with Crippen molar-refractivity contribution >= 4 is 5.91 Å². The van der Waals surface area contributed by atoms with Crippen LogP contribution in [0.3, 0.4) is 0 Å². The van der Waals surface area contributed by atoms with Gasteiger partial charge < -0.3 is 4.74 Å². The summed E-state index contributed by atoms with van der Waals surface area (Å²) in [5.74, 6) is 0.0903. The second kappa shape index (κ2) is 10.3. The summed E-state index contributed by atoms with van der Waals surface area (Å²) in [6.07, 6.45) is 9.33. The lowest BCUT2D eigenvalue weighted by molar-refractivity contribution is -0.120. The van der Waals surface area contributed by atoms with E-state index in [0.717, 1.165) is 25.0 Å². The summed E-state index contributed by atoms with van der Waals surface area (Å²) in [6, 6.07) is 6.27. The molecule has 0 unspecified atom stereocenters. The summed E-state index contributed by atoms with van der Waals surface area (Å²) in [5.41, 5.74) is 9.48. The van der Waals surface area contributed by atoms with Gasteiger partial charge in [-0.2, -0.15) is 0 Å². The maximum Gasteiger partial charge on any atom is 0.276 e. The van der Waals surface area contributed by atoms with Crippen LogP contribution in [-0.2, 0) is 17.6 Å². The average molecular weight is 290 g/mol. The molecule has 0 aliphatic rings. The van der Waals surface area contributed by atoms with Gasteiger partial charge in [-0.05, 0) is 42.9 Å². The van der Waals surface area contributed by atoms with Crippen LogP contribution in [0.25, 0.3) is 0 Å². The zero-order valence-electron chi connectivity index (χ0n) is 13.4. The summed E-state index contributed by atoms with van der Waals surface area (Å²) in [6.45, 7) is 4.25. The molecule has 1 N–H and O–H groups in total. The first-order valence-electron chi connectivity index (χ1n) is 8.16. The van der Waals surface area contributed by atoms with Crippen LogP contribution < -0.4 is 10.5 Å². The largest absolute Gasteiger partial charge is 0.483 e. The van der Waals surface area contributed by atoms with Crippen molar-refractivity contribution in [1.82, 2.24) is 5.73 Å². The molecule has 0 spiro atoms. The monoisotopic (exact) mass is 290 g/mol. The lowest BCUT2D eigenvalue weighted by Gasteiger charge is -2.12. The summed E-state index contributed by atoms with van der Waals surface area (Å²) in [7, 11) is 0. The zero-order valence-corrected chi connectivity index (χ0v) is 13.4. The number of rotatable bonds is 11. The lowest BCUT2D eigenvalue weighted by atomic mass is 10.0. The summed E-state index contributed by atoms with van der Waals surface area (Å²) in [5, 5.41) is 0. The topological polar surface area (TPSA) is 50.1 Å². The molecule has 1 rings (SSSR count). The van der Waals surface area contributed by atoms with E-state index in [2.05, 4.69) is 26.0 Å². The second-order valence-electron chi connectivity index (χ2n) is 5.57. The minimum absolute atomic E-state index is 0.157. The fourth-order valence-electron chi connectivity index (χ4n) is 2.41. The van der Waals surface area contributed by atoms with Gasteiger partial charge >= 0.3 is 0 Å². The molecule has 0 saturated carbocycles. The first-order valence-corrected chi connectivity index (χ1v) is 8.16. The summed E-state index contributed by atoms with van der Waals surface area (Å²) < 4.78 is 5.47. The molecule has 1 radical (unpaired) electrons.